The number of carbonyl (C=O) groups excluding carboxylic acids is 1. The first-order valence-electron chi connectivity index (χ1n) is 6.42. The fraction of sp³-hybridized carbons (Fsp3) is 0.667. The van der Waals surface area contributed by atoms with Gasteiger partial charge in [-0.3, -0.25) is 4.79 Å². The largest absolute Gasteiger partial charge is 0.295 e. The zero-order valence-electron chi connectivity index (χ0n) is 10.7. The average molecular weight is 218 g/mol. The number of allylic oxidation sites excluding steroid dienone is 4. The number of hydrogen-bond donors (Lipinski definition) is 0. The lowest BCUT2D eigenvalue weighted by Gasteiger charge is -2.47. The molecule has 0 radical (unpaired) electrons. The molecule has 0 aliphatic heterocycles. The third-order valence-corrected chi connectivity index (χ3v) is 4.49. The van der Waals surface area contributed by atoms with E-state index in [0.717, 1.165) is 12.8 Å². The molecular formula is C15H22O. The van der Waals surface area contributed by atoms with E-state index in [4.69, 9.17) is 0 Å². The van der Waals surface area contributed by atoms with Crippen molar-refractivity contribution in [1.29, 1.82) is 0 Å². The molecule has 0 N–H and O–H groups in total. The summed E-state index contributed by atoms with van der Waals surface area (Å²) in [6, 6.07) is 0. The summed E-state index contributed by atoms with van der Waals surface area (Å²) >= 11 is 0. The minimum atomic E-state index is 0.155. The second kappa shape index (κ2) is 3.87. The molecule has 1 nitrogen and oxygen atoms in total. The molecule has 16 heavy (non-hydrogen) atoms. The van der Waals surface area contributed by atoms with E-state index in [1.54, 1.807) is 6.08 Å². The van der Waals surface area contributed by atoms with Crippen LogP contribution in [0.5, 0.6) is 0 Å². The molecule has 0 saturated heterocycles. The third kappa shape index (κ3) is 1.77. The van der Waals surface area contributed by atoms with E-state index in [1.165, 1.54) is 24.8 Å². The molecule has 2 aliphatic rings. The van der Waals surface area contributed by atoms with E-state index in [2.05, 4.69) is 26.8 Å². The number of ketones is 1. The normalized spacial score (nSPS) is 32.9. The van der Waals surface area contributed by atoms with Crippen LogP contribution in [0.15, 0.2) is 23.8 Å². The zero-order valence-corrected chi connectivity index (χ0v) is 10.7. The molecule has 1 unspecified atom stereocenters. The maximum absolute atomic E-state index is 11.8. The molecule has 0 bridgehead atoms. The fourth-order valence-electron chi connectivity index (χ4n) is 3.58. The first-order chi connectivity index (χ1) is 7.50. The van der Waals surface area contributed by atoms with Crippen molar-refractivity contribution < 1.29 is 4.79 Å². The van der Waals surface area contributed by atoms with Crippen LogP contribution in [0.25, 0.3) is 0 Å². The topological polar surface area (TPSA) is 17.1 Å². The van der Waals surface area contributed by atoms with Crippen molar-refractivity contribution in [3.63, 3.8) is 0 Å². The molecule has 2 rings (SSSR count). The zero-order chi connectivity index (χ0) is 11.8. The van der Waals surface area contributed by atoms with Gasteiger partial charge in [-0.1, -0.05) is 44.9 Å². The summed E-state index contributed by atoms with van der Waals surface area (Å²) in [6.45, 7) is 6.88. The third-order valence-electron chi connectivity index (χ3n) is 4.49. The number of carbonyl (C=O) groups is 1. The van der Waals surface area contributed by atoms with Crippen LogP contribution in [0.3, 0.4) is 0 Å². The number of fused-ring (bicyclic) bond motifs is 1. The highest BCUT2D eigenvalue weighted by Crippen LogP contribution is 2.55. The highest BCUT2D eigenvalue weighted by Gasteiger charge is 2.44. The Bertz CT molecular complexity index is 360. The highest BCUT2D eigenvalue weighted by atomic mass is 16.1. The minimum absolute atomic E-state index is 0.155. The Hall–Kier alpha value is -0.850. The van der Waals surface area contributed by atoms with E-state index in [9.17, 15) is 4.79 Å². The van der Waals surface area contributed by atoms with Gasteiger partial charge in [0.15, 0.2) is 5.78 Å². The maximum Gasteiger partial charge on any atom is 0.156 e. The lowest BCUT2D eigenvalue weighted by Crippen LogP contribution is -2.37. The van der Waals surface area contributed by atoms with Crippen LogP contribution in [0.4, 0.5) is 0 Å². The van der Waals surface area contributed by atoms with E-state index in [-0.39, 0.29) is 10.8 Å². The van der Waals surface area contributed by atoms with E-state index < -0.39 is 0 Å². The summed E-state index contributed by atoms with van der Waals surface area (Å²) in [5.41, 5.74) is 1.93. The molecule has 0 aromatic rings. The standard InChI is InChI=1S/C15H22O/c1-4-15-10-6-9-14(2,3)13(15)8-5-7-12(16)11-15/h5,7-8H,4,6,9-11H2,1-3H3. The molecule has 0 aromatic heterocycles. The molecule has 1 fully saturated rings. The molecule has 0 spiro atoms. The van der Waals surface area contributed by atoms with Crippen LogP contribution < -0.4 is 0 Å². The monoisotopic (exact) mass is 218 g/mol. The van der Waals surface area contributed by atoms with Crippen molar-refractivity contribution in [2.45, 2.75) is 52.9 Å². The van der Waals surface area contributed by atoms with Crippen molar-refractivity contribution in [3.8, 4) is 0 Å². The van der Waals surface area contributed by atoms with Crippen molar-refractivity contribution in [2.75, 3.05) is 0 Å². The Kier molecular flexibility index (Phi) is 2.81. The SMILES string of the molecule is CCC12CCCC(C)(C)C1=CC=CC(=O)C2. The van der Waals surface area contributed by atoms with E-state index >= 15 is 0 Å². The lowest BCUT2D eigenvalue weighted by atomic mass is 9.57. The molecule has 88 valence electrons. The quantitative estimate of drug-likeness (QED) is 0.649. The van der Waals surface area contributed by atoms with Gasteiger partial charge in [0.1, 0.15) is 0 Å². The molecular weight excluding hydrogens is 196 g/mol. The van der Waals surface area contributed by atoms with Gasteiger partial charge in [0.25, 0.3) is 0 Å². The number of hydrogen-bond acceptors (Lipinski definition) is 1. The van der Waals surface area contributed by atoms with E-state index in [1.807, 2.05) is 6.08 Å². The van der Waals surface area contributed by atoms with Gasteiger partial charge in [-0.15, -0.1) is 0 Å². The summed E-state index contributed by atoms with van der Waals surface area (Å²) in [7, 11) is 0. The Morgan fingerprint density at radius 1 is 1.31 bits per heavy atom. The van der Waals surface area contributed by atoms with Crippen LogP contribution in [0.1, 0.15) is 52.9 Å². The Labute approximate surface area is 98.6 Å². The summed E-state index contributed by atoms with van der Waals surface area (Å²) in [4.78, 5) is 11.8. The van der Waals surface area contributed by atoms with Crippen LogP contribution in [-0.2, 0) is 4.79 Å². The fourth-order valence-corrected chi connectivity index (χ4v) is 3.58. The molecule has 2 aliphatic carbocycles. The second-order valence-electron chi connectivity index (χ2n) is 5.95. The highest BCUT2D eigenvalue weighted by molar-refractivity contribution is 5.91. The van der Waals surface area contributed by atoms with Crippen LogP contribution >= 0.6 is 0 Å². The van der Waals surface area contributed by atoms with Crippen molar-refractivity contribution in [2.24, 2.45) is 10.8 Å². The Morgan fingerprint density at radius 2 is 2.06 bits per heavy atom. The molecule has 0 aromatic carbocycles. The Balaban J connectivity index is 2.46. The second-order valence-corrected chi connectivity index (χ2v) is 5.95. The Morgan fingerprint density at radius 3 is 2.75 bits per heavy atom. The van der Waals surface area contributed by atoms with Crippen LogP contribution in [0.2, 0.25) is 0 Å². The van der Waals surface area contributed by atoms with Crippen molar-refractivity contribution >= 4 is 5.78 Å². The average Bonchev–Trinajstić information content (AvgIpc) is 2.38. The van der Waals surface area contributed by atoms with Gasteiger partial charge in [-0.2, -0.15) is 0 Å². The van der Waals surface area contributed by atoms with Crippen molar-refractivity contribution in [3.05, 3.63) is 23.8 Å². The summed E-state index contributed by atoms with van der Waals surface area (Å²) in [5, 5.41) is 0. The van der Waals surface area contributed by atoms with E-state index in [0.29, 0.717) is 5.78 Å². The smallest absolute Gasteiger partial charge is 0.156 e. The summed E-state index contributed by atoms with van der Waals surface area (Å²) < 4.78 is 0. The van der Waals surface area contributed by atoms with Gasteiger partial charge < -0.3 is 0 Å². The lowest BCUT2D eigenvalue weighted by molar-refractivity contribution is -0.116. The first kappa shape index (κ1) is 11.6. The predicted octanol–water partition coefficient (Wildman–Crippen LogP) is 4.05. The van der Waals surface area contributed by atoms with Crippen molar-refractivity contribution in [1.82, 2.24) is 0 Å². The summed E-state index contributed by atoms with van der Waals surface area (Å²) in [5.74, 6) is 0.297. The van der Waals surface area contributed by atoms with Gasteiger partial charge >= 0.3 is 0 Å². The van der Waals surface area contributed by atoms with Gasteiger partial charge in [0.05, 0.1) is 0 Å². The maximum atomic E-state index is 11.8. The minimum Gasteiger partial charge on any atom is -0.295 e. The predicted molar refractivity (Wildman–Crippen MR) is 67.2 cm³/mol. The van der Waals surface area contributed by atoms with Gasteiger partial charge in [-0.25, -0.2) is 0 Å². The first-order valence-corrected chi connectivity index (χ1v) is 6.42. The van der Waals surface area contributed by atoms with Gasteiger partial charge in [-0.05, 0) is 36.2 Å². The van der Waals surface area contributed by atoms with Gasteiger partial charge in [0.2, 0.25) is 0 Å². The van der Waals surface area contributed by atoms with Gasteiger partial charge in [0, 0.05) is 6.42 Å². The van der Waals surface area contributed by atoms with Crippen LogP contribution in [-0.4, -0.2) is 5.78 Å². The van der Waals surface area contributed by atoms with Crippen LogP contribution in [0, 0.1) is 10.8 Å². The molecule has 1 saturated carbocycles. The molecule has 1 heteroatoms. The molecule has 0 heterocycles. The molecule has 1 atom stereocenters. The molecule has 0 amide bonds. The number of rotatable bonds is 1. The summed E-state index contributed by atoms with van der Waals surface area (Å²) in [6.07, 6.45) is 11.4.